The summed E-state index contributed by atoms with van der Waals surface area (Å²) in [5.41, 5.74) is 1.37. The number of benzene rings is 2. The highest BCUT2D eigenvalue weighted by molar-refractivity contribution is 5.98. The molecule has 0 saturated carbocycles. The number of rotatable bonds is 3. The van der Waals surface area contributed by atoms with E-state index in [1.807, 2.05) is 0 Å². The van der Waals surface area contributed by atoms with Crippen LogP contribution in [0.3, 0.4) is 0 Å². The van der Waals surface area contributed by atoms with Crippen LogP contribution in [0.25, 0.3) is 10.9 Å². The second-order valence-electron chi connectivity index (χ2n) is 5.04. The Balaban J connectivity index is 1.85. The van der Waals surface area contributed by atoms with Crippen molar-refractivity contribution >= 4 is 16.8 Å². The molecule has 5 heteroatoms. The molecule has 1 heterocycles. The number of aryl methyl sites for hydroxylation is 1. The van der Waals surface area contributed by atoms with Crippen LogP contribution in [0.1, 0.15) is 16.1 Å². The van der Waals surface area contributed by atoms with E-state index < -0.39 is 0 Å². The molecule has 0 fully saturated rings. The average Bonchev–Trinajstić information content (AvgIpc) is 2.85. The van der Waals surface area contributed by atoms with Gasteiger partial charge < -0.3 is 9.88 Å². The zero-order chi connectivity index (χ0) is 15.7. The molecule has 0 atom stereocenters. The summed E-state index contributed by atoms with van der Waals surface area (Å²) in [6.07, 6.45) is 0. The SMILES string of the molecule is Cn1c(C(=O)NCc2ccccc2F)cc2c(F)cccc21. The van der Waals surface area contributed by atoms with Crippen molar-refractivity contribution in [3.63, 3.8) is 0 Å². The molecule has 0 unspecified atom stereocenters. The lowest BCUT2D eigenvalue weighted by molar-refractivity contribution is 0.0943. The molecular formula is C17H14F2N2O. The van der Waals surface area contributed by atoms with Crippen LogP contribution in [0.15, 0.2) is 48.5 Å². The number of hydrogen-bond acceptors (Lipinski definition) is 1. The fourth-order valence-electron chi connectivity index (χ4n) is 2.45. The number of carbonyl (C=O) groups is 1. The number of hydrogen-bond donors (Lipinski definition) is 1. The van der Waals surface area contributed by atoms with Crippen LogP contribution in [0.5, 0.6) is 0 Å². The van der Waals surface area contributed by atoms with Gasteiger partial charge in [-0.05, 0) is 24.3 Å². The lowest BCUT2D eigenvalue weighted by atomic mass is 10.2. The van der Waals surface area contributed by atoms with Crippen molar-refractivity contribution in [1.82, 2.24) is 9.88 Å². The monoisotopic (exact) mass is 300 g/mol. The lowest BCUT2D eigenvalue weighted by Crippen LogP contribution is -2.25. The van der Waals surface area contributed by atoms with Gasteiger partial charge in [-0.25, -0.2) is 8.78 Å². The molecule has 1 N–H and O–H groups in total. The van der Waals surface area contributed by atoms with Crippen LogP contribution >= 0.6 is 0 Å². The average molecular weight is 300 g/mol. The Morgan fingerprint density at radius 1 is 1.09 bits per heavy atom. The topological polar surface area (TPSA) is 34.0 Å². The van der Waals surface area contributed by atoms with E-state index in [0.717, 1.165) is 0 Å². The molecule has 0 aliphatic carbocycles. The molecule has 22 heavy (non-hydrogen) atoms. The van der Waals surface area contributed by atoms with Crippen LogP contribution in [-0.2, 0) is 13.6 Å². The minimum atomic E-state index is -0.374. The Morgan fingerprint density at radius 2 is 1.82 bits per heavy atom. The zero-order valence-corrected chi connectivity index (χ0v) is 11.9. The molecule has 0 aliphatic heterocycles. The molecule has 0 bridgehead atoms. The van der Waals surface area contributed by atoms with Crippen molar-refractivity contribution in [3.8, 4) is 0 Å². The second-order valence-corrected chi connectivity index (χ2v) is 5.04. The molecule has 3 aromatic rings. The van der Waals surface area contributed by atoms with Crippen LogP contribution < -0.4 is 5.32 Å². The second kappa shape index (κ2) is 5.60. The molecule has 0 saturated heterocycles. The minimum Gasteiger partial charge on any atom is -0.347 e. The molecule has 3 nitrogen and oxygen atoms in total. The highest BCUT2D eigenvalue weighted by Crippen LogP contribution is 2.21. The molecule has 2 aromatic carbocycles. The van der Waals surface area contributed by atoms with Gasteiger partial charge in [0.2, 0.25) is 0 Å². The Labute approximate surface area is 126 Å². The van der Waals surface area contributed by atoms with E-state index in [9.17, 15) is 13.6 Å². The standard InChI is InChI=1S/C17H14F2N2O/c1-21-15-8-4-7-14(19)12(15)9-16(21)17(22)20-10-11-5-2-3-6-13(11)18/h2-9H,10H2,1H3,(H,20,22). The summed E-state index contributed by atoms with van der Waals surface area (Å²) in [7, 11) is 1.69. The summed E-state index contributed by atoms with van der Waals surface area (Å²) >= 11 is 0. The lowest BCUT2D eigenvalue weighted by Gasteiger charge is -2.07. The van der Waals surface area contributed by atoms with Crippen molar-refractivity contribution in [2.45, 2.75) is 6.54 Å². The fraction of sp³-hybridized carbons (Fsp3) is 0.118. The highest BCUT2D eigenvalue weighted by atomic mass is 19.1. The first-order valence-electron chi connectivity index (χ1n) is 6.83. The van der Waals surface area contributed by atoms with Crippen molar-refractivity contribution in [2.75, 3.05) is 0 Å². The van der Waals surface area contributed by atoms with E-state index in [2.05, 4.69) is 5.32 Å². The number of halogens is 2. The van der Waals surface area contributed by atoms with Crippen LogP contribution in [-0.4, -0.2) is 10.5 Å². The molecular weight excluding hydrogens is 286 g/mol. The van der Waals surface area contributed by atoms with Crippen molar-refractivity contribution in [1.29, 1.82) is 0 Å². The van der Waals surface area contributed by atoms with Crippen LogP contribution in [0.4, 0.5) is 8.78 Å². The van der Waals surface area contributed by atoms with E-state index in [4.69, 9.17) is 0 Å². The maximum Gasteiger partial charge on any atom is 0.268 e. The first-order valence-corrected chi connectivity index (χ1v) is 6.83. The Kier molecular flexibility index (Phi) is 3.63. The number of nitrogens with zero attached hydrogens (tertiary/aromatic N) is 1. The van der Waals surface area contributed by atoms with E-state index in [-0.39, 0.29) is 24.1 Å². The molecule has 1 amide bonds. The fourth-order valence-corrected chi connectivity index (χ4v) is 2.45. The molecule has 1 aromatic heterocycles. The van der Waals surface area contributed by atoms with Gasteiger partial charge in [0, 0.05) is 24.5 Å². The quantitative estimate of drug-likeness (QED) is 0.790. The summed E-state index contributed by atoms with van der Waals surface area (Å²) in [5.74, 6) is -1.12. The first kappa shape index (κ1) is 14.3. The summed E-state index contributed by atoms with van der Waals surface area (Å²) < 4.78 is 28.9. The Bertz CT molecular complexity index is 855. The number of nitrogens with one attached hydrogen (secondary N) is 1. The van der Waals surface area contributed by atoms with Gasteiger partial charge in [0.1, 0.15) is 17.3 Å². The molecule has 0 radical (unpaired) electrons. The maximum atomic E-state index is 13.8. The largest absolute Gasteiger partial charge is 0.347 e. The van der Waals surface area contributed by atoms with Gasteiger partial charge in [0.25, 0.3) is 5.91 Å². The number of carbonyl (C=O) groups excluding carboxylic acids is 1. The Morgan fingerprint density at radius 3 is 2.55 bits per heavy atom. The van der Waals surface area contributed by atoms with Gasteiger partial charge >= 0.3 is 0 Å². The highest BCUT2D eigenvalue weighted by Gasteiger charge is 2.15. The van der Waals surface area contributed by atoms with Gasteiger partial charge in [-0.2, -0.15) is 0 Å². The summed E-state index contributed by atoms with van der Waals surface area (Å²) in [4.78, 5) is 12.3. The molecule has 3 rings (SSSR count). The number of amides is 1. The van der Waals surface area contributed by atoms with E-state index >= 15 is 0 Å². The first-order chi connectivity index (χ1) is 10.6. The smallest absolute Gasteiger partial charge is 0.268 e. The van der Waals surface area contributed by atoms with Gasteiger partial charge in [-0.1, -0.05) is 24.3 Å². The molecule has 0 aliphatic rings. The maximum absolute atomic E-state index is 13.8. The van der Waals surface area contributed by atoms with E-state index in [1.54, 1.807) is 41.9 Å². The van der Waals surface area contributed by atoms with Crippen molar-refractivity contribution in [2.24, 2.45) is 7.05 Å². The van der Waals surface area contributed by atoms with Gasteiger partial charge in [-0.15, -0.1) is 0 Å². The summed E-state index contributed by atoms with van der Waals surface area (Å²) in [6, 6.07) is 12.4. The third kappa shape index (κ3) is 2.45. The van der Waals surface area contributed by atoms with Gasteiger partial charge in [0.05, 0.1) is 5.52 Å². The predicted molar refractivity (Wildman–Crippen MR) is 80.4 cm³/mol. The van der Waals surface area contributed by atoms with Crippen LogP contribution in [0, 0.1) is 11.6 Å². The van der Waals surface area contributed by atoms with Crippen molar-refractivity contribution < 1.29 is 13.6 Å². The summed E-state index contributed by atoms with van der Waals surface area (Å²) in [6.45, 7) is 0.0789. The van der Waals surface area contributed by atoms with Crippen molar-refractivity contribution in [3.05, 3.63) is 71.4 Å². The third-order valence-electron chi connectivity index (χ3n) is 3.66. The molecule has 0 spiro atoms. The number of fused-ring (bicyclic) bond motifs is 1. The predicted octanol–water partition coefficient (Wildman–Crippen LogP) is 3.39. The van der Waals surface area contributed by atoms with Gasteiger partial charge in [0.15, 0.2) is 0 Å². The zero-order valence-electron chi connectivity index (χ0n) is 11.9. The summed E-state index contributed by atoms with van der Waals surface area (Å²) in [5, 5.41) is 3.04. The minimum absolute atomic E-state index is 0.0789. The molecule has 112 valence electrons. The number of aromatic nitrogens is 1. The van der Waals surface area contributed by atoms with E-state index in [0.29, 0.717) is 22.2 Å². The normalized spacial score (nSPS) is 10.9. The Hall–Kier alpha value is -2.69. The third-order valence-corrected chi connectivity index (χ3v) is 3.66. The van der Waals surface area contributed by atoms with Gasteiger partial charge in [-0.3, -0.25) is 4.79 Å². The van der Waals surface area contributed by atoms with E-state index in [1.165, 1.54) is 18.2 Å². The van der Waals surface area contributed by atoms with Crippen LogP contribution in [0.2, 0.25) is 0 Å².